The lowest BCUT2D eigenvalue weighted by molar-refractivity contribution is 0.128. The minimum absolute atomic E-state index is 0.0850. The predicted octanol–water partition coefficient (Wildman–Crippen LogP) is 3.78. The van der Waals surface area contributed by atoms with Crippen molar-refractivity contribution in [1.29, 1.82) is 0 Å². The van der Waals surface area contributed by atoms with Gasteiger partial charge in [-0.25, -0.2) is 4.39 Å². The van der Waals surface area contributed by atoms with Gasteiger partial charge >= 0.3 is 0 Å². The molecule has 0 aliphatic carbocycles. The van der Waals surface area contributed by atoms with E-state index in [9.17, 15) is 9.50 Å². The second-order valence-electron chi connectivity index (χ2n) is 4.80. The lowest BCUT2D eigenvalue weighted by Crippen LogP contribution is -2.27. The number of benzene rings is 1. The van der Waals surface area contributed by atoms with Crippen molar-refractivity contribution in [3.05, 3.63) is 58.2 Å². The van der Waals surface area contributed by atoms with Crippen LogP contribution in [-0.2, 0) is 6.54 Å². The average Bonchev–Trinajstić information content (AvgIpc) is 2.94. The Balaban J connectivity index is 1.82. The van der Waals surface area contributed by atoms with E-state index >= 15 is 0 Å². The van der Waals surface area contributed by atoms with E-state index in [-0.39, 0.29) is 11.9 Å². The van der Waals surface area contributed by atoms with E-state index in [1.807, 2.05) is 13.0 Å². The number of hydrogen-bond donors (Lipinski definition) is 2. The Morgan fingerprint density at radius 2 is 2.20 bits per heavy atom. The van der Waals surface area contributed by atoms with Crippen molar-refractivity contribution < 1.29 is 13.9 Å². The third kappa shape index (κ3) is 4.16. The fraction of sp³-hybridized carbons (Fsp3) is 0.333. The predicted molar refractivity (Wildman–Crippen MR) is 78.7 cm³/mol. The first-order valence-electron chi connectivity index (χ1n) is 6.45. The molecule has 20 heavy (non-hydrogen) atoms. The summed E-state index contributed by atoms with van der Waals surface area (Å²) in [6.45, 7) is 2.53. The maximum Gasteiger partial charge on any atom is 0.137 e. The average molecular weight is 342 g/mol. The second kappa shape index (κ2) is 7.02. The summed E-state index contributed by atoms with van der Waals surface area (Å²) in [5.41, 5.74) is 0.866. The lowest BCUT2D eigenvalue weighted by atomic mass is 10.1. The van der Waals surface area contributed by atoms with Crippen LogP contribution >= 0.6 is 15.9 Å². The zero-order valence-electron chi connectivity index (χ0n) is 11.1. The van der Waals surface area contributed by atoms with Crippen molar-refractivity contribution in [2.75, 3.05) is 0 Å². The minimum atomic E-state index is -0.630. The van der Waals surface area contributed by atoms with E-state index in [0.717, 1.165) is 5.56 Å². The highest BCUT2D eigenvalue weighted by molar-refractivity contribution is 9.10. The van der Waals surface area contributed by atoms with Gasteiger partial charge in [-0.2, -0.15) is 0 Å². The molecule has 5 heteroatoms. The van der Waals surface area contributed by atoms with Crippen LogP contribution in [0.1, 0.15) is 30.8 Å². The molecule has 0 spiro atoms. The first-order valence-corrected chi connectivity index (χ1v) is 7.24. The van der Waals surface area contributed by atoms with Gasteiger partial charge in [-0.3, -0.25) is 0 Å². The number of hydrogen-bond acceptors (Lipinski definition) is 3. The van der Waals surface area contributed by atoms with E-state index in [0.29, 0.717) is 23.2 Å². The smallest absolute Gasteiger partial charge is 0.137 e. The molecule has 1 aromatic carbocycles. The maximum atomic E-state index is 13.4. The van der Waals surface area contributed by atoms with Gasteiger partial charge in [0.05, 0.1) is 10.7 Å². The highest BCUT2D eigenvalue weighted by Crippen LogP contribution is 2.19. The molecule has 0 saturated carbocycles. The van der Waals surface area contributed by atoms with E-state index < -0.39 is 6.10 Å². The standard InChI is InChI=1S/C15H17BrFNO2/c1-10(7-14(19)15-3-2-6-20-15)18-9-11-4-5-12(16)13(17)8-11/h2-6,8,10,14,18-19H,7,9H2,1H3. The molecule has 0 saturated heterocycles. The summed E-state index contributed by atoms with van der Waals surface area (Å²) >= 11 is 3.13. The van der Waals surface area contributed by atoms with Crippen LogP contribution in [0.15, 0.2) is 45.5 Å². The largest absolute Gasteiger partial charge is 0.467 e. The molecular formula is C15H17BrFNO2. The number of halogens is 2. The summed E-state index contributed by atoms with van der Waals surface area (Å²) in [5, 5.41) is 13.2. The highest BCUT2D eigenvalue weighted by Gasteiger charge is 2.14. The normalized spacial score (nSPS) is 14.2. The van der Waals surface area contributed by atoms with Gasteiger partial charge < -0.3 is 14.8 Å². The number of aliphatic hydroxyl groups is 1. The van der Waals surface area contributed by atoms with Crippen molar-refractivity contribution in [3.63, 3.8) is 0 Å². The molecule has 2 unspecified atom stereocenters. The summed E-state index contributed by atoms with van der Waals surface area (Å²) in [6, 6.07) is 8.63. The number of nitrogens with one attached hydrogen (secondary N) is 1. The van der Waals surface area contributed by atoms with Crippen LogP contribution in [0.5, 0.6) is 0 Å². The molecule has 0 fully saturated rings. The molecule has 2 N–H and O–H groups in total. The molecule has 1 heterocycles. The highest BCUT2D eigenvalue weighted by atomic mass is 79.9. The fourth-order valence-electron chi connectivity index (χ4n) is 1.96. The summed E-state index contributed by atoms with van der Waals surface area (Å²) in [7, 11) is 0. The van der Waals surface area contributed by atoms with Gasteiger partial charge in [-0.05, 0) is 59.1 Å². The molecule has 0 aliphatic heterocycles. The summed E-state index contributed by atoms with van der Waals surface area (Å²) in [4.78, 5) is 0. The second-order valence-corrected chi connectivity index (χ2v) is 5.65. The molecule has 3 nitrogen and oxygen atoms in total. The van der Waals surface area contributed by atoms with Crippen LogP contribution in [0.2, 0.25) is 0 Å². The van der Waals surface area contributed by atoms with Crippen LogP contribution in [0, 0.1) is 5.82 Å². The zero-order chi connectivity index (χ0) is 14.5. The van der Waals surface area contributed by atoms with Crippen molar-refractivity contribution in [2.24, 2.45) is 0 Å². The Morgan fingerprint density at radius 3 is 2.85 bits per heavy atom. The maximum absolute atomic E-state index is 13.4. The lowest BCUT2D eigenvalue weighted by Gasteiger charge is -2.16. The van der Waals surface area contributed by atoms with E-state index in [1.165, 1.54) is 6.07 Å². The Labute approximate surface area is 125 Å². The van der Waals surface area contributed by atoms with E-state index in [4.69, 9.17) is 4.42 Å². The Kier molecular flexibility index (Phi) is 5.34. The summed E-state index contributed by atoms with van der Waals surface area (Å²) in [6.07, 6.45) is 1.45. The van der Waals surface area contributed by atoms with Gasteiger partial charge in [0.2, 0.25) is 0 Å². The summed E-state index contributed by atoms with van der Waals surface area (Å²) in [5.74, 6) is 0.293. The molecular weight excluding hydrogens is 325 g/mol. The third-order valence-electron chi connectivity index (χ3n) is 3.09. The van der Waals surface area contributed by atoms with Crippen LogP contribution in [0.25, 0.3) is 0 Å². The number of furan rings is 1. The SMILES string of the molecule is CC(CC(O)c1ccco1)NCc1ccc(Br)c(F)c1. The van der Waals surface area contributed by atoms with Gasteiger partial charge in [0.1, 0.15) is 17.7 Å². The van der Waals surface area contributed by atoms with Gasteiger partial charge in [-0.1, -0.05) is 6.07 Å². The number of aliphatic hydroxyl groups excluding tert-OH is 1. The molecule has 0 radical (unpaired) electrons. The van der Waals surface area contributed by atoms with Crippen molar-refractivity contribution in [3.8, 4) is 0 Å². The van der Waals surface area contributed by atoms with Crippen molar-refractivity contribution in [1.82, 2.24) is 5.32 Å². The molecule has 0 amide bonds. The van der Waals surface area contributed by atoms with Crippen LogP contribution in [0.3, 0.4) is 0 Å². The fourth-order valence-corrected chi connectivity index (χ4v) is 2.20. The van der Waals surface area contributed by atoms with Gasteiger partial charge in [0, 0.05) is 12.6 Å². The first-order chi connectivity index (χ1) is 9.56. The molecule has 2 rings (SSSR count). The van der Waals surface area contributed by atoms with Crippen molar-refractivity contribution >= 4 is 15.9 Å². The Morgan fingerprint density at radius 1 is 1.40 bits per heavy atom. The van der Waals surface area contributed by atoms with Gasteiger partial charge in [0.25, 0.3) is 0 Å². The molecule has 1 aromatic heterocycles. The molecule has 0 aliphatic rings. The third-order valence-corrected chi connectivity index (χ3v) is 3.73. The van der Waals surface area contributed by atoms with E-state index in [2.05, 4.69) is 21.2 Å². The quantitative estimate of drug-likeness (QED) is 0.840. The molecule has 2 atom stereocenters. The summed E-state index contributed by atoms with van der Waals surface area (Å²) < 4.78 is 19.0. The first kappa shape index (κ1) is 15.2. The molecule has 2 aromatic rings. The topological polar surface area (TPSA) is 45.4 Å². The van der Waals surface area contributed by atoms with Gasteiger partial charge in [-0.15, -0.1) is 0 Å². The van der Waals surface area contributed by atoms with Crippen LogP contribution < -0.4 is 5.32 Å². The zero-order valence-corrected chi connectivity index (χ0v) is 12.7. The van der Waals surface area contributed by atoms with Crippen molar-refractivity contribution in [2.45, 2.75) is 32.0 Å². The van der Waals surface area contributed by atoms with E-state index in [1.54, 1.807) is 24.5 Å². The van der Waals surface area contributed by atoms with Gasteiger partial charge in [0.15, 0.2) is 0 Å². The molecule has 108 valence electrons. The molecule has 0 bridgehead atoms. The Bertz CT molecular complexity index is 545. The minimum Gasteiger partial charge on any atom is -0.467 e. The Hall–Kier alpha value is -1.17. The van der Waals surface area contributed by atoms with Crippen LogP contribution in [0.4, 0.5) is 4.39 Å². The monoisotopic (exact) mass is 341 g/mol. The van der Waals surface area contributed by atoms with Crippen LogP contribution in [-0.4, -0.2) is 11.1 Å². The number of rotatable bonds is 6.